The fourth-order valence-corrected chi connectivity index (χ4v) is 8.79. The Hall–Kier alpha value is -7.10. The summed E-state index contributed by atoms with van der Waals surface area (Å²) in [6, 6.07) is 69.1. The van der Waals surface area contributed by atoms with Crippen LogP contribution in [0.3, 0.4) is 0 Å². The predicted molar refractivity (Wildman–Crippen MR) is 219 cm³/mol. The van der Waals surface area contributed by atoms with Gasteiger partial charge in [-0.1, -0.05) is 164 Å². The van der Waals surface area contributed by atoms with E-state index in [2.05, 4.69) is 170 Å². The number of nitrogens with zero attached hydrogens (tertiary/aromatic N) is 2. The van der Waals surface area contributed by atoms with Crippen molar-refractivity contribution >= 4 is 10.8 Å². The molecule has 0 atom stereocenters. The number of ether oxygens (including phenoxy) is 1. The fraction of sp³-hybridized carbons (Fsp3) is 0.0196. The second-order valence-corrected chi connectivity index (χ2v) is 14.1. The van der Waals surface area contributed by atoms with Gasteiger partial charge in [-0.15, -0.1) is 0 Å². The molecule has 11 rings (SSSR count). The van der Waals surface area contributed by atoms with E-state index >= 15 is 0 Å². The average Bonchev–Trinajstić information content (AvgIpc) is 3.55. The first-order chi connectivity index (χ1) is 26.8. The summed E-state index contributed by atoms with van der Waals surface area (Å²) in [5.74, 6) is 2.38. The predicted octanol–water partition coefficient (Wildman–Crippen LogP) is 12.8. The summed E-state index contributed by atoms with van der Waals surface area (Å²) in [5, 5.41) is 2.33. The van der Waals surface area contributed by atoms with Crippen molar-refractivity contribution in [2.75, 3.05) is 0 Å². The van der Waals surface area contributed by atoms with Gasteiger partial charge in [0, 0.05) is 27.6 Å². The van der Waals surface area contributed by atoms with E-state index in [1.54, 1.807) is 0 Å². The van der Waals surface area contributed by atoms with Crippen LogP contribution >= 0.6 is 0 Å². The Morgan fingerprint density at radius 1 is 0.370 bits per heavy atom. The number of hydrogen-bond donors (Lipinski definition) is 0. The molecule has 252 valence electrons. The molecule has 1 aliphatic heterocycles. The minimum Gasteiger partial charge on any atom is -0.456 e. The molecule has 1 aromatic heterocycles. The second kappa shape index (κ2) is 12.0. The van der Waals surface area contributed by atoms with Gasteiger partial charge in [0.15, 0.2) is 5.82 Å². The van der Waals surface area contributed by atoms with Gasteiger partial charge < -0.3 is 4.74 Å². The molecule has 0 saturated heterocycles. The van der Waals surface area contributed by atoms with E-state index in [9.17, 15) is 0 Å². The summed E-state index contributed by atoms with van der Waals surface area (Å²) >= 11 is 0. The molecule has 0 unspecified atom stereocenters. The Morgan fingerprint density at radius 3 is 1.70 bits per heavy atom. The lowest BCUT2D eigenvalue weighted by Gasteiger charge is -2.33. The number of benzene rings is 8. The first-order valence-electron chi connectivity index (χ1n) is 18.4. The lowest BCUT2D eigenvalue weighted by molar-refractivity contribution is 0.487. The Morgan fingerprint density at radius 2 is 0.963 bits per heavy atom. The topological polar surface area (TPSA) is 35.0 Å². The lowest BCUT2D eigenvalue weighted by Crippen LogP contribution is -2.28. The third kappa shape index (κ3) is 4.55. The summed E-state index contributed by atoms with van der Waals surface area (Å²) in [5.41, 5.74) is 14.0. The summed E-state index contributed by atoms with van der Waals surface area (Å²) < 4.78 is 6.57. The van der Waals surface area contributed by atoms with Crippen molar-refractivity contribution in [1.82, 2.24) is 9.97 Å². The van der Waals surface area contributed by atoms with Crippen molar-refractivity contribution in [2.24, 2.45) is 0 Å². The molecule has 0 fully saturated rings. The first kappa shape index (κ1) is 30.5. The molecule has 1 aliphatic carbocycles. The smallest absolute Gasteiger partial charge is 0.160 e. The van der Waals surface area contributed by atoms with E-state index < -0.39 is 5.41 Å². The van der Waals surface area contributed by atoms with E-state index in [-0.39, 0.29) is 0 Å². The van der Waals surface area contributed by atoms with E-state index in [0.717, 1.165) is 50.5 Å². The van der Waals surface area contributed by atoms with Gasteiger partial charge in [-0.2, -0.15) is 0 Å². The van der Waals surface area contributed by atoms with Crippen molar-refractivity contribution in [3.63, 3.8) is 0 Å². The summed E-state index contributed by atoms with van der Waals surface area (Å²) in [6.07, 6.45) is 0. The molecule has 0 saturated carbocycles. The zero-order chi connectivity index (χ0) is 35.6. The zero-order valence-corrected chi connectivity index (χ0v) is 29.3. The Kier molecular flexibility index (Phi) is 6.77. The third-order valence-corrected chi connectivity index (χ3v) is 11.2. The molecule has 0 N–H and O–H groups in total. The molecule has 3 heteroatoms. The number of aromatic nitrogens is 2. The minimum atomic E-state index is -0.453. The van der Waals surface area contributed by atoms with Crippen LogP contribution in [0.2, 0.25) is 0 Å². The highest BCUT2D eigenvalue weighted by atomic mass is 16.5. The summed E-state index contributed by atoms with van der Waals surface area (Å²) in [4.78, 5) is 10.4. The van der Waals surface area contributed by atoms with Gasteiger partial charge in [0.05, 0.1) is 16.8 Å². The number of hydrogen-bond acceptors (Lipinski definition) is 3. The van der Waals surface area contributed by atoms with E-state index in [1.807, 2.05) is 24.3 Å². The number of rotatable bonds is 5. The quantitative estimate of drug-likeness (QED) is 0.181. The Labute approximate surface area is 313 Å². The second-order valence-electron chi connectivity index (χ2n) is 14.1. The first-order valence-corrected chi connectivity index (χ1v) is 18.4. The van der Waals surface area contributed by atoms with Gasteiger partial charge in [-0.05, 0) is 74.7 Å². The zero-order valence-electron chi connectivity index (χ0n) is 29.3. The molecule has 8 aromatic carbocycles. The molecule has 0 amide bonds. The molecule has 3 nitrogen and oxygen atoms in total. The third-order valence-electron chi connectivity index (χ3n) is 11.2. The number of fused-ring (bicyclic) bond motifs is 5. The van der Waals surface area contributed by atoms with Crippen molar-refractivity contribution in [1.29, 1.82) is 0 Å². The highest BCUT2D eigenvalue weighted by molar-refractivity contribution is 6.04. The normalized spacial score (nSPS) is 13.1. The van der Waals surface area contributed by atoms with Crippen LogP contribution in [0.4, 0.5) is 0 Å². The molecular weight excluding hydrogens is 657 g/mol. The van der Waals surface area contributed by atoms with Crippen molar-refractivity contribution in [3.8, 4) is 67.7 Å². The maximum Gasteiger partial charge on any atom is 0.160 e. The molecule has 0 bridgehead atoms. The molecule has 2 aliphatic rings. The van der Waals surface area contributed by atoms with Gasteiger partial charge in [0.1, 0.15) is 11.5 Å². The van der Waals surface area contributed by atoms with Crippen molar-refractivity contribution in [3.05, 3.63) is 216 Å². The van der Waals surface area contributed by atoms with Crippen LogP contribution in [0.5, 0.6) is 11.5 Å². The monoisotopic (exact) mass is 688 g/mol. The van der Waals surface area contributed by atoms with Crippen molar-refractivity contribution in [2.45, 2.75) is 5.41 Å². The molecule has 0 spiro atoms. The van der Waals surface area contributed by atoms with Crippen LogP contribution in [0.25, 0.3) is 66.9 Å². The molecule has 9 aromatic rings. The van der Waals surface area contributed by atoms with E-state index in [0.29, 0.717) is 5.82 Å². The molecule has 54 heavy (non-hydrogen) atoms. The van der Waals surface area contributed by atoms with Gasteiger partial charge in [-0.3, -0.25) is 0 Å². The van der Waals surface area contributed by atoms with Crippen LogP contribution in [0.15, 0.2) is 194 Å². The highest BCUT2D eigenvalue weighted by Crippen LogP contribution is 2.56. The Balaban J connectivity index is 1.10. The average molecular weight is 689 g/mol. The van der Waals surface area contributed by atoms with E-state index in [1.165, 1.54) is 44.3 Å². The summed E-state index contributed by atoms with van der Waals surface area (Å²) in [7, 11) is 0. The van der Waals surface area contributed by atoms with Crippen LogP contribution in [-0.2, 0) is 5.41 Å². The van der Waals surface area contributed by atoms with Crippen LogP contribution in [0, 0.1) is 0 Å². The maximum atomic E-state index is 6.57. The molecule has 0 radical (unpaired) electrons. The highest BCUT2D eigenvalue weighted by Gasteiger charge is 2.46. The molecule has 2 heterocycles. The van der Waals surface area contributed by atoms with Gasteiger partial charge in [-0.25, -0.2) is 9.97 Å². The van der Waals surface area contributed by atoms with Crippen LogP contribution in [-0.4, -0.2) is 9.97 Å². The minimum absolute atomic E-state index is 0.453. The SMILES string of the molecule is c1ccc(-c2nc(-c3ccc4c(c3)Oc3cccc5cccc-4c35)cc(-c3ccc4c(c3)-c3ccccc3C4(c3ccccc3)c3ccccc3)n2)cc1. The van der Waals surface area contributed by atoms with Gasteiger partial charge in [0.25, 0.3) is 0 Å². The maximum absolute atomic E-state index is 6.57. The van der Waals surface area contributed by atoms with Gasteiger partial charge >= 0.3 is 0 Å². The Bertz CT molecular complexity index is 2860. The molecular formula is C51H32N2O. The van der Waals surface area contributed by atoms with Crippen LogP contribution in [0.1, 0.15) is 22.3 Å². The van der Waals surface area contributed by atoms with Crippen LogP contribution < -0.4 is 4.74 Å². The largest absolute Gasteiger partial charge is 0.456 e. The van der Waals surface area contributed by atoms with Gasteiger partial charge in [0.2, 0.25) is 0 Å². The fourth-order valence-electron chi connectivity index (χ4n) is 8.79. The lowest BCUT2D eigenvalue weighted by atomic mass is 9.67. The van der Waals surface area contributed by atoms with Crippen molar-refractivity contribution < 1.29 is 4.74 Å². The summed E-state index contributed by atoms with van der Waals surface area (Å²) in [6.45, 7) is 0. The standard InChI is InChI=1S/C51H32N2O/c1-4-14-34(15-5-1)50-52-45(32-46(53-50)36-26-28-40-41-23-12-16-33-17-13-25-47(49(33)41)54-48(40)31-36)35-27-29-44-42(30-35)39-22-10-11-24-43(39)51(44,37-18-6-2-7-19-37)38-20-8-3-9-21-38/h1-32H. The van der Waals surface area contributed by atoms with E-state index in [4.69, 9.17) is 14.7 Å².